The molecule has 1 aromatic carbocycles. The smallest absolute Gasteiger partial charge is 0.273 e. The van der Waals surface area contributed by atoms with Crippen molar-refractivity contribution in [2.45, 2.75) is 18.9 Å². The Labute approximate surface area is 99.0 Å². The zero-order valence-corrected chi connectivity index (χ0v) is 9.46. The zero-order valence-electron chi connectivity index (χ0n) is 9.46. The molecule has 1 N–H and O–H groups in total. The van der Waals surface area contributed by atoms with E-state index in [1.165, 1.54) is 6.08 Å². The molecule has 0 bridgehead atoms. The average molecular weight is 231 g/mol. The molecule has 0 fully saturated rings. The average Bonchev–Trinajstić information content (AvgIpc) is 2.28. The van der Waals surface area contributed by atoms with E-state index >= 15 is 0 Å². The lowest BCUT2D eigenvalue weighted by molar-refractivity contribution is -0.417. The number of aliphatic hydroxyl groups is 1. The van der Waals surface area contributed by atoms with Crippen molar-refractivity contribution in [2.75, 3.05) is 0 Å². The minimum absolute atomic E-state index is 0.0581. The van der Waals surface area contributed by atoms with E-state index < -0.39 is 10.5 Å². The van der Waals surface area contributed by atoms with Gasteiger partial charge in [-0.25, -0.2) is 0 Å². The summed E-state index contributed by atoms with van der Waals surface area (Å²) in [5.41, 5.74) is 0.259. The molecule has 88 valence electrons. The Morgan fingerprint density at radius 2 is 2.00 bits per heavy atom. The van der Waals surface area contributed by atoms with E-state index in [-0.39, 0.29) is 12.1 Å². The second-order valence-electron chi connectivity index (χ2n) is 4.33. The maximum Gasteiger partial charge on any atom is 0.273 e. The molecule has 17 heavy (non-hydrogen) atoms. The molecule has 0 aliphatic heterocycles. The van der Waals surface area contributed by atoms with Gasteiger partial charge in [0.2, 0.25) is 0 Å². The first kappa shape index (κ1) is 11.5. The molecule has 1 atom stereocenters. The number of allylic oxidation sites excluding steroid dienone is 1. The van der Waals surface area contributed by atoms with E-state index in [9.17, 15) is 15.2 Å². The van der Waals surface area contributed by atoms with Crippen molar-refractivity contribution in [3.63, 3.8) is 0 Å². The van der Waals surface area contributed by atoms with Crippen LogP contribution in [0.15, 0.2) is 48.2 Å². The van der Waals surface area contributed by atoms with E-state index in [4.69, 9.17) is 0 Å². The molecule has 0 saturated heterocycles. The highest BCUT2D eigenvalue weighted by molar-refractivity contribution is 5.78. The highest BCUT2D eigenvalue weighted by atomic mass is 16.6. The summed E-state index contributed by atoms with van der Waals surface area (Å²) >= 11 is 0. The van der Waals surface area contributed by atoms with Crippen molar-refractivity contribution in [3.8, 4) is 0 Å². The summed E-state index contributed by atoms with van der Waals surface area (Å²) in [5, 5.41) is 20.9. The molecular weight excluding hydrogens is 218 g/mol. The molecule has 4 heteroatoms. The fourth-order valence-corrected chi connectivity index (χ4v) is 1.88. The van der Waals surface area contributed by atoms with Crippen LogP contribution in [-0.2, 0) is 0 Å². The van der Waals surface area contributed by atoms with Crippen LogP contribution in [0, 0.1) is 10.1 Å². The fraction of sp³-hybridized carbons (Fsp3) is 0.231. The summed E-state index contributed by atoms with van der Waals surface area (Å²) in [4.78, 5) is 10.6. The maximum absolute atomic E-state index is 11.0. The Morgan fingerprint density at radius 1 is 1.35 bits per heavy atom. The lowest BCUT2D eigenvalue weighted by Crippen LogP contribution is -2.24. The van der Waals surface area contributed by atoms with Crippen molar-refractivity contribution >= 4 is 5.57 Å². The summed E-state index contributed by atoms with van der Waals surface area (Å²) in [6.45, 7) is 1.64. The molecule has 1 aliphatic carbocycles. The first-order chi connectivity index (χ1) is 7.99. The molecule has 0 aromatic heterocycles. The Kier molecular flexibility index (Phi) is 2.81. The highest BCUT2D eigenvalue weighted by Crippen LogP contribution is 2.32. The summed E-state index contributed by atoms with van der Waals surface area (Å²) in [6, 6.07) is 9.07. The van der Waals surface area contributed by atoms with Gasteiger partial charge in [0.25, 0.3) is 5.70 Å². The van der Waals surface area contributed by atoms with Crippen LogP contribution in [0.4, 0.5) is 0 Å². The van der Waals surface area contributed by atoms with Crippen LogP contribution in [0.2, 0.25) is 0 Å². The standard InChI is InChI=1S/C13H13NO3/c1-13(15)8-7-12(14(16)17)11(9-13)10-5-3-2-4-6-10/h2-7,9,15H,8H2,1H3/t13-/m0/s1. The predicted molar refractivity (Wildman–Crippen MR) is 64.7 cm³/mol. The van der Waals surface area contributed by atoms with Gasteiger partial charge in [-0.2, -0.15) is 0 Å². The van der Waals surface area contributed by atoms with E-state index in [2.05, 4.69) is 0 Å². The summed E-state index contributed by atoms with van der Waals surface area (Å²) in [7, 11) is 0. The van der Waals surface area contributed by atoms with Crippen LogP contribution in [0.5, 0.6) is 0 Å². The van der Waals surface area contributed by atoms with Gasteiger partial charge in [-0.15, -0.1) is 0 Å². The van der Waals surface area contributed by atoms with E-state index in [1.807, 2.05) is 18.2 Å². The zero-order chi connectivity index (χ0) is 12.5. The molecule has 0 radical (unpaired) electrons. The Morgan fingerprint density at radius 3 is 2.59 bits per heavy atom. The number of rotatable bonds is 2. The van der Waals surface area contributed by atoms with E-state index in [1.54, 1.807) is 25.1 Å². The van der Waals surface area contributed by atoms with Gasteiger partial charge in [0.1, 0.15) is 0 Å². The van der Waals surface area contributed by atoms with Gasteiger partial charge in [0, 0.05) is 6.42 Å². The van der Waals surface area contributed by atoms with Crippen LogP contribution >= 0.6 is 0 Å². The van der Waals surface area contributed by atoms with Gasteiger partial charge in [-0.05, 0) is 24.6 Å². The minimum atomic E-state index is -1.02. The van der Waals surface area contributed by atoms with Crippen LogP contribution in [0.25, 0.3) is 5.57 Å². The summed E-state index contributed by atoms with van der Waals surface area (Å²) < 4.78 is 0. The largest absolute Gasteiger partial charge is 0.386 e. The molecule has 0 amide bonds. The predicted octanol–water partition coefficient (Wildman–Crippen LogP) is 2.39. The molecule has 0 saturated carbocycles. The molecule has 1 aliphatic rings. The molecule has 0 unspecified atom stereocenters. The Balaban J connectivity index is 2.50. The third kappa shape index (κ3) is 2.42. The molecular formula is C13H13NO3. The first-order valence-electron chi connectivity index (χ1n) is 5.35. The molecule has 0 heterocycles. The number of nitrogens with zero attached hydrogens (tertiary/aromatic N) is 1. The van der Waals surface area contributed by atoms with Crippen molar-refractivity contribution < 1.29 is 10.0 Å². The van der Waals surface area contributed by atoms with Crippen molar-refractivity contribution in [1.29, 1.82) is 0 Å². The second kappa shape index (κ2) is 4.14. The van der Waals surface area contributed by atoms with E-state index in [0.29, 0.717) is 5.57 Å². The van der Waals surface area contributed by atoms with Crippen molar-refractivity contribution in [1.82, 2.24) is 0 Å². The lowest BCUT2D eigenvalue weighted by Gasteiger charge is -2.22. The summed E-state index contributed by atoms with van der Waals surface area (Å²) in [6.07, 6.45) is 3.29. The van der Waals surface area contributed by atoms with Gasteiger partial charge >= 0.3 is 0 Å². The van der Waals surface area contributed by atoms with Gasteiger partial charge in [0.15, 0.2) is 0 Å². The minimum Gasteiger partial charge on any atom is -0.386 e. The normalized spacial score (nSPS) is 23.9. The maximum atomic E-state index is 11.0. The molecule has 0 spiro atoms. The highest BCUT2D eigenvalue weighted by Gasteiger charge is 2.29. The first-order valence-corrected chi connectivity index (χ1v) is 5.35. The molecule has 1 aromatic rings. The van der Waals surface area contributed by atoms with Crippen LogP contribution in [-0.4, -0.2) is 15.6 Å². The topological polar surface area (TPSA) is 63.4 Å². The van der Waals surface area contributed by atoms with Crippen LogP contribution < -0.4 is 0 Å². The van der Waals surface area contributed by atoms with Gasteiger partial charge in [0.05, 0.1) is 16.1 Å². The van der Waals surface area contributed by atoms with Gasteiger partial charge in [-0.3, -0.25) is 10.1 Å². The number of hydrogen-bond acceptors (Lipinski definition) is 3. The molecule has 2 rings (SSSR count). The van der Waals surface area contributed by atoms with Gasteiger partial charge in [-0.1, -0.05) is 30.3 Å². The number of nitro groups is 1. The van der Waals surface area contributed by atoms with Crippen molar-refractivity contribution in [3.05, 3.63) is 63.9 Å². The quantitative estimate of drug-likeness (QED) is 0.627. The fourth-order valence-electron chi connectivity index (χ4n) is 1.88. The number of hydrogen-bond donors (Lipinski definition) is 1. The summed E-state index contributed by atoms with van der Waals surface area (Å²) in [5.74, 6) is 0. The number of benzene rings is 1. The van der Waals surface area contributed by atoms with Crippen LogP contribution in [0.1, 0.15) is 18.9 Å². The Hall–Kier alpha value is -1.94. The van der Waals surface area contributed by atoms with Gasteiger partial charge < -0.3 is 5.11 Å². The molecule has 4 nitrogen and oxygen atoms in total. The Bertz CT molecular complexity index is 501. The van der Waals surface area contributed by atoms with Crippen LogP contribution in [0.3, 0.4) is 0 Å². The third-order valence-corrected chi connectivity index (χ3v) is 2.72. The van der Waals surface area contributed by atoms with E-state index in [0.717, 1.165) is 5.56 Å². The second-order valence-corrected chi connectivity index (χ2v) is 4.33. The third-order valence-electron chi connectivity index (χ3n) is 2.72. The van der Waals surface area contributed by atoms with Crippen molar-refractivity contribution in [2.24, 2.45) is 0 Å². The SMILES string of the molecule is C[C@@]1(O)C=C(c2ccccc2)C([N+](=O)[O-])=CC1. The monoisotopic (exact) mass is 231 g/mol. The lowest BCUT2D eigenvalue weighted by atomic mass is 9.88.